The zero-order chi connectivity index (χ0) is 32.0. The Morgan fingerprint density at radius 2 is 1.02 bits per heavy atom. The van der Waals surface area contributed by atoms with Crippen molar-refractivity contribution < 1.29 is 0 Å². The summed E-state index contributed by atoms with van der Waals surface area (Å²) in [7, 11) is 0. The molecule has 5 rings (SSSR count). The number of hydrogen-bond donors (Lipinski definition) is 2. The minimum Gasteiger partial charge on any atom is -0.399 e. The van der Waals surface area contributed by atoms with Crippen LogP contribution in [0.25, 0.3) is 0 Å². The van der Waals surface area contributed by atoms with Crippen LogP contribution in [-0.2, 0) is 5.41 Å². The lowest BCUT2D eigenvalue weighted by atomic mass is 9.60. The van der Waals surface area contributed by atoms with Gasteiger partial charge < -0.3 is 11.5 Å². The summed E-state index contributed by atoms with van der Waals surface area (Å²) in [6.45, 7) is 11.4. The van der Waals surface area contributed by atoms with Crippen molar-refractivity contribution in [2.45, 2.75) is 116 Å². The molecule has 238 valence electrons. The maximum absolute atomic E-state index is 6.13. The number of nitrogens with two attached hydrogens (primary N) is 2. The Balaban J connectivity index is 1.54. The average Bonchev–Trinajstić information content (AvgIpc) is 3.05. The minimum atomic E-state index is 0.0201. The third-order valence-corrected chi connectivity index (χ3v) is 11.0. The Morgan fingerprint density at radius 3 is 1.38 bits per heavy atom. The fourth-order valence-corrected chi connectivity index (χ4v) is 8.72. The van der Waals surface area contributed by atoms with E-state index in [9.17, 15) is 0 Å². The molecule has 45 heavy (non-hydrogen) atoms. The molecule has 0 radical (unpaired) electrons. The molecule has 2 heteroatoms. The summed E-state index contributed by atoms with van der Waals surface area (Å²) in [5, 5.41) is 0. The molecule has 1 fully saturated rings. The summed E-state index contributed by atoms with van der Waals surface area (Å²) in [6, 6.07) is 32.5. The number of rotatable bonds is 12. The molecule has 2 nitrogen and oxygen atoms in total. The molecule has 4 aromatic carbocycles. The van der Waals surface area contributed by atoms with E-state index in [1.807, 2.05) is 0 Å². The largest absolute Gasteiger partial charge is 0.399 e. The first-order chi connectivity index (χ1) is 21.8. The van der Waals surface area contributed by atoms with E-state index in [4.69, 9.17) is 11.5 Å². The Kier molecular flexibility index (Phi) is 10.7. The summed E-state index contributed by atoms with van der Waals surface area (Å²) in [4.78, 5) is 0. The molecular weight excluding hydrogens is 544 g/mol. The second-order valence-electron chi connectivity index (χ2n) is 13.8. The van der Waals surface area contributed by atoms with Gasteiger partial charge in [0.2, 0.25) is 0 Å². The molecule has 0 heterocycles. The average molecular weight is 601 g/mol. The summed E-state index contributed by atoms with van der Waals surface area (Å²) in [5.41, 5.74) is 25.2. The van der Waals surface area contributed by atoms with Crippen LogP contribution < -0.4 is 11.5 Å². The van der Waals surface area contributed by atoms with E-state index in [2.05, 4.69) is 120 Å². The Labute approximate surface area is 273 Å². The maximum atomic E-state index is 6.13. The van der Waals surface area contributed by atoms with Crippen LogP contribution in [0.1, 0.15) is 141 Å². The van der Waals surface area contributed by atoms with Crippen molar-refractivity contribution in [2.75, 3.05) is 11.5 Å². The van der Waals surface area contributed by atoms with Gasteiger partial charge in [0.15, 0.2) is 0 Å². The molecule has 0 amide bonds. The highest BCUT2D eigenvalue weighted by molar-refractivity contribution is 5.51. The first kappa shape index (κ1) is 32.9. The van der Waals surface area contributed by atoms with Gasteiger partial charge in [-0.3, -0.25) is 0 Å². The smallest absolute Gasteiger partial charge is 0.0316 e. The van der Waals surface area contributed by atoms with Gasteiger partial charge in [-0.1, -0.05) is 114 Å². The van der Waals surface area contributed by atoms with E-state index in [1.165, 1.54) is 76.6 Å². The lowest BCUT2D eigenvalue weighted by molar-refractivity contribution is 0.231. The van der Waals surface area contributed by atoms with Crippen molar-refractivity contribution in [3.8, 4) is 0 Å². The zero-order valence-corrected chi connectivity index (χ0v) is 28.5. The van der Waals surface area contributed by atoms with E-state index in [-0.39, 0.29) is 5.41 Å². The highest BCUT2D eigenvalue weighted by Crippen LogP contribution is 2.49. The van der Waals surface area contributed by atoms with E-state index >= 15 is 0 Å². The fraction of sp³-hybridized carbons (Fsp3) is 0.442. The van der Waals surface area contributed by atoms with Crippen LogP contribution in [0.2, 0.25) is 0 Å². The zero-order valence-electron chi connectivity index (χ0n) is 28.5. The lowest BCUT2D eigenvalue weighted by Gasteiger charge is -2.44. The summed E-state index contributed by atoms with van der Waals surface area (Å²) >= 11 is 0. The number of nitrogen functional groups attached to an aromatic ring is 2. The van der Waals surface area contributed by atoms with Crippen LogP contribution >= 0.6 is 0 Å². The molecule has 1 aliphatic carbocycles. The summed E-state index contributed by atoms with van der Waals surface area (Å²) in [6.07, 6.45) is 12.4. The van der Waals surface area contributed by atoms with Gasteiger partial charge in [0.1, 0.15) is 0 Å². The van der Waals surface area contributed by atoms with Crippen molar-refractivity contribution >= 4 is 11.4 Å². The maximum Gasteiger partial charge on any atom is 0.0316 e. The van der Waals surface area contributed by atoms with E-state index < -0.39 is 0 Å². The molecular formula is C43H56N2. The van der Waals surface area contributed by atoms with Crippen LogP contribution in [0.15, 0.2) is 84.9 Å². The van der Waals surface area contributed by atoms with Gasteiger partial charge in [0.25, 0.3) is 0 Å². The molecule has 4 N–H and O–H groups in total. The second-order valence-corrected chi connectivity index (χ2v) is 13.8. The van der Waals surface area contributed by atoms with Crippen molar-refractivity contribution in [2.24, 2.45) is 5.92 Å². The molecule has 1 aliphatic rings. The van der Waals surface area contributed by atoms with Crippen molar-refractivity contribution in [3.63, 3.8) is 0 Å². The Bertz CT molecular complexity index is 1420. The van der Waals surface area contributed by atoms with E-state index in [0.29, 0.717) is 17.8 Å². The van der Waals surface area contributed by atoms with E-state index in [0.717, 1.165) is 43.5 Å². The second kappa shape index (κ2) is 14.7. The quantitative estimate of drug-likeness (QED) is 0.159. The molecule has 4 aromatic rings. The highest BCUT2D eigenvalue weighted by Gasteiger charge is 2.41. The first-order valence-corrected chi connectivity index (χ1v) is 17.7. The molecule has 2 unspecified atom stereocenters. The van der Waals surface area contributed by atoms with Crippen LogP contribution in [-0.4, -0.2) is 0 Å². The molecule has 0 spiro atoms. The molecule has 1 saturated carbocycles. The third kappa shape index (κ3) is 6.86. The normalized spacial score (nSPS) is 16.6. The SMILES string of the molecule is CCCC(c1ccc(C(CC)(c2ccc(C(CCC)c3ccc(N)cc3C)cc2)C2CCCCC2)cc1)c1ccc(N)cc1C. The van der Waals surface area contributed by atoms with Crippen LogP contribution in [0, 0.1) is 19.8 Å². The number of benzene rings is 4. The predicted octanol–water partition coefficient (Wildman–Crippen LogP) is 11.6. The summed E-state index contributed by atoms with van der Waals surface area (Å²) < 4.78 is 0. The minimum absolute atomic E-state index is 0.0201. The number of aryl methyl sites for hydroxylation is 2. The first-order valence-electron chi connectivity index (χ1n) is 17.7. The molecule has 2 atom stereocenters. The number of anilines is 2. The van der Waals surface area contributed by atoms with Gasteiger partial charge in [-0.2, -0.15) is 0 Å². The number of hydrogen-bond acceptors (Lipinski definition) is 2. The van der Waals surface area contributed by atoms with E-state index in [1.54, 1.807) is 0 Å². The van der Waals surface area contributed by atoms with Crippen LogP contribution in [0.3, 0.4) is 0 Å². The molecule has 0 aliphatic heterocycles. The predicted molar refractivity (Wildman–Crippen MR) is 195 cm³/mol. The standard InChI is InChI=1S/C43H56N2/c1-6-12-41(39-26-24-37(44)28-30(39)4)32-16-20-35(21-17-32)43(8-3,34-14-10-9-11-15-34)36-22-18-33(19-23-36)42(13-7-2)40-27-25-38(45)29-31(40)5/h16-29,34,41-42H,6-15,44-45H2,1-5H3. The van der Waals surface area contributed by atoms with Gasteiger partial charge in [-0.05, 0) is 121 Å². The van der Waals surface area contributed by atoms with Crippen molar-refractivity contribution in [3.05, 3.63) is 129 Å². The third-order valence-electron chi connectivity index (χ3n) is 11.0. The van der Waals surface area contributed by atoms with Gasteiger partial charge in [0.05, 0.1) is 0 Å². The lowest BCUT2D eigenvalue weighted by Crippen LogP contribution is -2.37. The van der Waals surface area contributed by atoms with Gasteiger partial charge in [-0.25, -0.2) is 0 Å². The van der Waals surface area contributed by atoms with Gasteiger partial charge in [0, 0.05) is 28.6 Å². The van der Waals surface area contributed by atoms with Gasteiger partial charge >= 0.3 is 0 Å². The Morgan fingerprint density at radius 1 is 0.600 bits per heavy atom. The van der Waals surface area contributed by atoms with Crippen molar-refractivity contribution in [1.82, 2.24) is 0 Å². The highest BCUT2D eigenvalue weighted by atomic mass is 14.5. The molecule has 0 aromatic heterocycles. The van der Waals surface area contributed by atoms with Crippen LogP contribution in [0.5, 0.6) is 0 Å². The fourth-order valence-electron chi connectivity index (χ4n) is 8.72. The topological polar surface area (TPSA) is 52.0 Å². The van der Waals surface area contributed by atoms with Crippen LogP contribution in [0.4, 0.5) is 11.4 Å². The monoisotopic (exact) mass is 600 g/mol. The van der Waals surface area contributed by atoms with Crippen molar-refractivity contribution in [1.29, 1.82) is 0 Å². The molecule has 0 bridgehead atoms. The molecule has 0 saturated heterocycles. The Hall–Kier alpha value is -3.52. The summed E-state index contributed by atoms with van der Waals surface area (Å²) in [5.74, 6) is 1.44. The van der Waals surface area contributed by atoms with Gasteiger partial charge in [-0.15, -0.1) is 0 Å².